The van der Waals surface area contributed by atoms with Crippen molar-refractivity contribution in [2.75, 3.05) is 6.54 Å². The van der Waals surface area contributed by atoms with Gasteiger partial charge in [0.25, 0.3) is 0 Å². The number of benzene rings is 1. The van der Waals surface area contributed by atoms with Crippen LogP contribution in [-0.2, 0) is 0 Å². The largest absolute Gasteiger partial charge is 0.387 e. The maximum atomic E-state index is 13.8. The van der Waals surface area contributed by atoms with Gasteiger partial charge in [0, 0.05) is 11.6 Å². The normalized spacial score (nSPS) is 26.0. The van der Waals surface area contributed by atoms with Gasteiger partial charge in [-0.05, 0) is 38.3 Å². The van der Waals surface area contributed by atoms with Crippen molar-refractivity contribution in [3.8, 4) is 0 Å². The van der Waals surface area contributed by atoms with E-state index in [4.69, 9.17) is 0 Å². The highest BCUT2D eigenvalue weighted by molar-refractivity contribution is 5.27. The Bertz CT molecular complexity index is 407. The summed E-state index contributed by atoms with van der Waals surface area (Å²) in [6.45, 7) is 5.00. The third-order valence-electron chi connectivity index (χ3n) is 3.98. The fourth-order valence-corrected chi connectivity index (χ4v) is 2.75. The maximum absolute atomic E-state index is 13.8. The van der Waals surface area contributed by atoms with E-state index in [0.29, 0.717) is 11.5 Å². The van der Waals surface area contributed by atoms with Gasteiger partial charge in [0.15, 0.2) is 0 Å². The molecule has 0 aliphatic carbocycles. The summed E-state index contributed by atoms with van der Waals surface area (Å²) in [5.41, 5.74) is 1.40. The zero-order chi connectivity index (χ0) is 13.1. The molecule has 100 valence electrons. The Kier molecular flexibility index (Phi) is 4.36. The lowest BCUT2D eigenvalue weighted by Crippen LogP contribution is -2.42. The topological polar surface area (TPSA) is 32.3 Å². The molecule has 3 unspecified atom stereocenters. The Balaban J connectivity index is 2.14. The van der Waals surface area contributed by atoms with Crippen molar-refractivity contribution in [3.05, 3.63) is 35.1 Å². The summed E-state index contributed by atoms with van der Waals surface area (Å²) < 4.78 is 13.8. The van der Waals surface area contributed by atoms with Crippen LogP contribution in [0.15, 0.2) is 18.2 Å². The number of aryl methyl sites for hydroxylation is 1. The Morgan fingerprint density at radius 3 is 3.00 bits per heavy atom. The van der Waals surface area contributed by atoms with Gasteiger partial charge in [0.05, 0.1) is 6.10 Å². The summed E-state index contributed by atoms with van der Waals surface area (Å²) in [7, 11) is 0. The van der Waals surface area contributed by atoms with Crippen LogP contribution in [0.2, 0.25) is 0 Å². The molecule has 0 spiro atoms. The Labute approximate surface area is 108 Å². The van der Waals surface area contributed by atoms with E-state index >= 15 is 0 Å². The Morgan fingerprint density at radius 2 is 2.28 bits per heavy atom. The van der Waals surface area contributed by atoms with Crippen molar-refractivity contribution >= 4 is 0 Å². The quantitative estimate of drug-likeness (QED) is 0.865. The molecule has 3 atom stereocenters. The zero-order valence-electron chi connectivity index (χ0n) is 11.1. The molecule has 18 heavy (non-hydrogen) atoms. The number of rotatable bonds is 3. The van der Waals surface area contributed by atoms with Gasteiger partial charge in [-0.1, -0.05) is 31.0 Å². The minimum Gasteiger partial charge on any atom is -0.387 e. The summed E-state index contributed by atoms with van der Waals surface area (Å²) in [6, 6.07) is 4.89. The van der Waals surface area contributed by atoms with E-state index < -0.39 is 6.10 Å². The van der Waals surface area contributed by atoms with Crippen LogP contribution in [-0.4, -0.2) is 17.7 Å². The van der Waals surface area contributed by atoms with Crippen LogP contribution in [0.25, 0.3) is 0 Å². The molecule has 1 aromatic carbocycles. The van der Waals surface area contributed by atoms with E-state index in [1.165, 1.54) is 6.07 Å². The minimum atomic E-state index is -0.751. The summed E-state index contributed by atoms with van der Waals surface area (Å²) in [4.78, 5) is 0. The SMILES string of the molecule is CCC1CCNC(C(O)c2cc(C)ccc2F)C1. The second-order valence-electron chi connectivity index (χ2n) is 5.33. The summed E-state index contributed by atoms with van der Waals surface area (Å²) in [5.74, 6) is 0.326. The third-order valence-corrected chi connectivity index (χ3v) is 3.98. The van der Waals surface area contributed by atoms with Crippen molar-refractivity contribution in [2.45, 2.75) is 45.3 Å². The lowest BCUT2D eigenvalue weighted by molar-refractivity contribution is 0.0947. The number of aliphatic hydroxyl groups excluding tert-OH is 1. The number of aliphatic hydroxyl groups is 1. The summed E-state index contributed by atoms with van der Waals surface area (Å²) >= 11 is 0. The molecular formula is C15H22FNO. The fraction of sp³-hybridized carbons (Fsp3) is 0.600. The standard InChI is InChI=1S/C15H22FNO/c1-3-11-6-7-17-14(9-11)15(18)12-8-10(2)4-5-13(12)16/h4-5,8,11,14-15,17-18H,3,6-7,9H2,1-2H3. The van der Waals surface area contributed by atoms with Crippen LogP contribution < -0.4 is 5.32 Å². The van der Waals surface area contributed by atoms with Gasteiger partial charge in [0.1, 0.15) is 5.82 Å². The highest BCUT2D eigenvalue weighted by Crippen LogP contribution is 2.29. The number of hydrogen-bond donors (Lipinski definition) is 2. The monoisotopic (exact) mass is 251 g/mol. The Morgan fingerprint density at radius 1 is 1.50 bits per heavy atom. The van der Waals surface area contributed by atoms with Gasteiger partial charge in [0.2, 0.25) is 0 Å². The van der Waals surface area contributed by atoms with Crippen LogP contribution in [0.4, 0.5) is 4.39 Å². The average Bonchev–Trinajstić information content (AvgIpc) is 2.41. The van der Waals surface area contributed by atoms with Gasteiger partial charge < -0.3 is 10.4 Å². The molecule has 1 aliphatic rings. The molecule has 2 N–H and O–H groups in total. The molecule has 1 aliphatic heterocycles. The molecule has 0 amide bonds. The smallest absolute Gasteiger partial charge is 0.129 e. The number of hydrogen-bond acceptors (Lipinski definition) is 2. The van der Waals surface area contributed by atoms with Crippen molar-refractivity contribution in [3.63, 3.8) is 0 Å². The molecular weight excluding hydrogens is 229 g/mol. The van der Waals surface area contributed by atoms with E-state index in [1.54, 1.807) is 12.1 Å². The molecule has 1 heterocycles. The number of piperidine rings is 1. The summed E-state index contributed by atoms with van der Waals surface area (Å²) in [6.07, 6.45) is 2.45. The van der Waals surface area contributed by atoms with Gasteiger partial charge in [-0.2, -0.15) is 0 Å². The highest BCUT2D eigenvalue weighted by Gasteiger charge is 2.28. The van der Waals surface area contributed by atoms with Crippen molar-refractivity contribution in [1.82, 2.24) is 5.32 Å². The molecule has 1 saturated heterocycles. The molecule has 1 aromatic rings. The molecule has 1 fully saturated rings. The molecule has 3 heteroatoms. The first-order chi connectivity index (χ1) is 8.61. The first-order valence-corrected chi connectivity index (χ1v) is 6.79. The van der Waals surface area contributed by atoms with E-state index in [9.17, 15) is 9.50 Å². The third kappa shape index (κ3) is 2.90. The van der Waals surface area contributed by atoms with Gasteiger partial charge >= 0.3 is 0 Å². The first-order valence-electron chi connectivity index (χ1n) is 6.79. The molecule has 0 aromatic heterocycles. The van der Waals surface area contributed by atoms with E-state index in [0.717, 1.165) is 31.4 Å². The predicted octanol–water partition coefficient (Wildman–Crippen LogP) is 2.95. The van der Waals surface area contributed by atoms with Crippen molar-refractivity contribution in [2.24, 2.45) is 5.92 Å². The molecule has 0 bridgehead atoms. The van der Waals surface area contributed by atoms with E-state index in [2.05, 4.69) is 12.2 Å². The van der Waals surface area contributed by atoms with Crippen LogP contribution in [0.1, 0.15) is 43.4 Å². The van der Waals surface area contributed by atoms with Gasteiger partial charge in [-0.3, -0.25) is 0 Å². The minimum absolute atomic E-state index is 0.0278. The van der Waals surface area contributed by atoms with Crippen molar-refractivity contribution in [1.29, 1.82) is 0 Å². The van der Waals surface area contributed by atoms with Crippen LogP contribution in [0.3, 0.4) is 0 Å². The number of halogens is 1. The van der Waals surface area contributed by atoms with Crippen molar-refractivity contribution < 1.29 is 9.50 Å². The van der Waals surface area contributed by atoms with Crippen LogP contribution >= 0.6 is 0 Å². The highest BCUT2D eigenvalue weighted by atomic mass is 19.1. The second kappa shape index (κ2) is 5.81. The second-order valence-corrected chi connectivity index (χ2v) is 5.33. The van der Waals surface area contributed by atoms with Gasteiger partial charge in [-0.25, -0.2) is 4.39 Å². The zero-order valence-corrected chi connectivity index (χ0v) is 11.1. The molecule has 2 nitrogen and oxygen atoms in total. The van der Waals surface area contributed by atoms with E-state index in [1.807, 2.05) is 6.92 Å². The predicted molar refractivity (Wildman–Crippen MR) is 70.9 cm³/mol. The lowest BCUT2D eigenvalue weighted by atomic mass is 9.86. The summed E-state index contributed by atoms with van der Waals surface area (Å²) in [5, 5.41) is 13.7. The molecule has 0 radical (unpaired) electrons. The van der Waals surface area contributed by atoms with Crippen LogP contribution in [0.5, 0.6) is 0 Å². The maximum Gasteiger partial charge on any atom is 0.129 e. The number of nitrogens with one attached hydrogen (secondary N) is 1. The van der Waals surface area contributed by atoms with Crippen LogP contribution in [0, 0.1) is 18.7 Å². The Hall–Kier alpha value is -0.930. The molecule has 2 rings (SSSR count). The first kappa shape index (κ1) is 13.5. The fourth-order valence-electron chi connectivity index (χ4n) is 2.75. The molecule has 0 saturated carbocycles. The van der Waals surface area contributed by atoms with E-state index in [-0.39, 0.29) is 11.9 Å². The lowest BCUT2D eigenvalue weighted by Gasteiger charge is -2.33. The van der Waals surface area contributed by atoms with Gasteiger partial charge in [-0.15, -0.1) is 0 Å². The average molecular weight is 251 g/mol.